The predicted octanol–water partition coefficient (Wildman–Crippen LogP) is 2.50. The fourth-order valence-corrected chi connectivity index (χ4v) is 7.04. The highest BCUT2D eigenvalue weighted by Crippen LogP contribution is 2.38. The van der Waals surface area contributed by atoms with Gasteiger partial charge in [-0.1, -0.05) is 11.6 Å². The van der Waals surface area contributed by atoms with Gasteiger partial charge in [0.15, 0.2) is 0 Å². The van der Waals surface area contributed by atoms with Crippen molar-refractivity contribution in [3.8, 4) is 0 Å². The zero-order chi connectivity index (χ0) is 20.8. The fourth-order valence-electron chi connectivity index (χ4n) is 3.76. The van der Waals surface area contributed by atoms with Gasteiger partial charge in [-0.25, -0.2) is 16.8 Å². The van der Waals surface area contributed by atoms with Crippen LogP contribution >= 0.6 is 11.6 Å². The van der Waals surface area contributed by atoms with Gasteiger partial charge in [-0.15, -0.1) is 0 Å². The van der Waals surface area contributed by atoms with E-state index in [0.29, 0.717) is 49.0 Å². The molecule has 1 atom stereocenters. The van der Waals surface area contributed by atoms with Gasteiger partial charge in [0, 0.05) is 24.2 Å². The Morgan fingerprint density at radius 3 is 2.21 bits per heavy atom. The summed E-state index contributed by atoms with van der Waals surface area (Å²) in [5, 5.41) is 0.455. The van der Waals surface area contributed by atoms with Gasteiger partial charge in [-0.2, -0.15) is 4.31 Å². The molecule has 0 radical (unpaired) electrons. The first kappa shape index (κ1) is 20.6. The monoisotopic (exact) mass is 456 g/mol. The summed E-state index contributed by atoms with van der Waals surface area (Å²) in [6.07, 6.45) is 0.439. The maximum absolute atomic E-state index is 13.2. The molecule has 29 heavy (non-hydrogen) atoms. The Labute approximate surface area is 175 Å². The zero-order valence-electron chi connectivity index (χ0n) is 15.8. The molecule has 1 saturated heterocycles. The Hall–Kier alpha value is -1.65. The SMILES string of the molecule is C[C@H]1Cc2cc(S(=O)(=O)N3CCOCC3)ccc2N1S(=O)(=O)c1ccc(Cl)cc1. The summed E-state index contributed by atoms with van der Waals surface area (Å²) in [6.45, 7) is 3.17. The molecule has 0 aromatic heterocycles. The van der Waals surface area contributed by atoms with Crippen molar-refractivity contribution < 1.29 is 21.6 Å². The molecule has 0 saturated carbocycles. The molecule has 2 aliphatic heterocycles. The number of ether oxygens (including phenoxy) is 1. The van der Waals surface area contributed by atoms with Crippen LogP contribution in [0.4, 0.5) is 5.69 Å². The van der Waals surface area contributed by atoms with Crippen LogP contribution in [0.25, 0.3) is 0 Å². The summed E-state index contributed by atoms with van der Waals surface area (Å²) in [5.74, 6) is 0. The van der Waals surface area contributed by atoms with Crippen LogP contribution in [0, 0.1) is 0 Å². The Kier molecular flexibility index (Phi) is 5.37. The highest BCUT2D eigenvalue weighted by Gasteiger charge is 2.37. The summed E-state index contributed by atoms with van der Waals surface area (Å²) in [7, 11) is -7.43. The maximum atomic E-state index is 13.2. The van der Waals surface area contributed by atoms with Crippen molar-refractivity contribution in [3.05, 3.63) is 53.1 Å². The first-order valence-corrected chi connectivity index (χ1v) is 12.5. The highest BCUT2D eigenvalue weighted by atomic mass is 35.5. The van der Waals surface area contributed by atoms with Crippen LogP contribution in [-0.2, 0) is 31.2 Å². The number of nitrogens with zero attached hydrogens (tertiary/aromatic N) is 2. The molecule has 0 unspecified atom stereocenters. The molecule has 0 N–H and O–H groups in total. The largest absolute Gasteiger partial charge is 0.379 e. The Morgan fingerprint density at radius 2 is 1.55 bits per heavy atom. The van der Waals surface area contributed by atoms with E-state index < -0.39 is 20.0 Å². The smallest absolute Gasteiger partial charge is 0.264 e. The van der Waals surface area contributed by atoms with E-state index in [1.54, 1.807) is 12.1 Å². The third kappa shape index (κ3) is 3.66. The van der Waals surface area contributed by atoms with Crippen LogP contribution in [0.3, 0.4) is 0 Å². The number of fused-ring (bicyclic) bond motifs is 1. The summed E-state index contributed by atoms with van der Waals surface area (Å²) in [6, 6.07) is 10.3. The second kappa shape index (κ2) is 7.55. The highest BCUT2D eigenvalue weighted by molar-refractivity contribution is 7.93. The minimum atomic E-state index is -3.79. The van der Waals surface area contributed by atoms with E-state index in [2.05, 4.69) is 0 Å². The number of morpholine rings is 1. The molecule has 7 nitrogen and oxygen atoms in total. The molecule has 0 aliphatic carbocycles. The van der Waals surface area contributed by atoms with Crippen LogP contribution in [0.1, 0.15) is 12.5 Å². The average molecular weight is 457 g/mol. The van der Waals surface area contributed by atoms with Gasteiger partial charge in [-0.3, -0.25) is 4.31 Å². The van der Waals surface area contributed by atoms with Gasteiger partial charge >= 0.3 is 0 Å². The van der Waals surface area contributed by atoms with Gasteiger partial charge in [0.05, 0.1) is 28.7 Å². The minimum Gasteiger partial charge on any atom is -0.379 e. The molecule has 2 aliphatic rings. The molecule has 4 rings (SSSR count). The maximum Gasteiger partial charge on any atom is 0.264 e. The molecule has 10 heteroatoms. The van der Waals surface area contributed by atoms with Crippen molar-refractivity contribution in [2.24, 2.45) is 0 Å². The van der Waals surface area contributed by atoms with Crippen molar-refractivity contribution in [1.82, 2.24) is 4.31 Å². The minimum absolute atomic E-state index is 0.145. The Balaban J connectivity index is 1.70. The van der Waals surface area contributed by atoms with E-state index in [0.717, 1.165) is 0 Å². The van der Waals surface area contributed by atoms with E-state index in [-0.39, 0.29) is 15.8 Å². The van der Waals surface area contributed by atoms with Crippen molar-refractivity contribution in [1.29, 1.82) is 0 Å². The number of benzene rings is 2. The van der Waals surface area contributed by atoms with Crippen LogP contribution in [0.15, 0.2) is 52.3 Å². The van der Waals surface area contributed by atoms with E-state index in [9.17, 15) is 16.8 Å². The number of halogens is 1. The number of sulfonamides is 2. The molecule has 1 fully saturated rings. The van der Waals surface area contributed by atoms with Gasteiger partial charge < -0.3 is 4.74 Å². The van der Waals surface area contributed by atoms with Crippen LogP contribution in [-0.4, -0.2) is 53.5 Å². The Morgan fingerprint density at radius 1 is 0.931 bits per heavy atom. The second-order valence-corrected chi connectivity index (χ2v) is 11.3. The predicted molar refractivity (Wildman–Crippen MR) is 110 cm³/mol. The quantitative estimate of drug-likeness (QED) is 0.705. The molecule has 0 spiro atoms. The van der Waals surface area contributed by atoms with E-state index >= 15 is 0 Å². The Bertz CT molecular complexity index is 1130. The van der Waals surface area contributed by atoms with Crippen molar-refractivity contribution >= 4 is 37.3 Å². The summed E-state index contributed by atoms with van der Waals surface area (Å²) < 4.78 is 60.2. The molecule has 2 aromatic carbocycles. The molecule has 156 valence electrons. The third-order valence-electron chi connectivity index (χ3n) is 5.18. The third-order valence-corrected chi connectivity index (χ3v) is 9.27. The van der Waals surface area contributed by atoms with Crippen molar-refractivity contribution in [2.45, 2.75) is 29.2 Å². The van der Waals surface area contributed by atoms with Gasteiger partial charge in [0.1, 0.15) is 0 Å². The van der Waals surface area contributed by atoms with Crippen molar-refractivity contribution in [2.75, 3.05) is 30.6 Å². The average Bonchev–Trinajstić information content (AvgIpc) is 3.04. The lowest BCUT2D eigenvalue weighted by molar-refractivity contribution is 0.0730. The van der Waals surface area contributed by atoms with Crippen LogP contribution < -0.4 is 4.31 Å². The normalized spacial score (nSPS) is 20.6. The number of rotatable bonds is 4. The van der Waals surface area contributed by atoms with Gasteiger partial charge in [-0.05, 0) is 61.4 Å². The number of hydrogen-bond acceptors (Lipinski definition) is 5. The molecular weight excluding hydrogens is 436 g/mol. The van der Waals surface area contributed by atoms with E-state index in [1.165, 1.54) is 38.9 Å². The molecular formula is C19H21ClN2O5S2. The lowest BCUT2D eigenvalue weighted by Crippen LogP contribution is -2.40. The standard InChI is InChI=1S/C19H21ClN2O5S2/c1-14-12-15-13-18(28(23,24)21-8-10-27-11-9-21)6-7-19(15)22(14)29(25,26)17-4-2-16(20)3-5-17/h2-7,13-14H,8-12H2,1H3/t14-/m0/s1. The van der Waals surface area contributed by atoms with E-state index in [4.69, 9.17) is 16.3 Å². The molecule has 0 bridgehead atoms. The lowest BCUT2D eigenvalue weighted by atomic mass is 10.1. The summed E-state index contributed by atoms with van der Waals surface area (Å²) in [5.41, 5.74) is 1.21. The number of hydrogen-bond donors (Lipinski definition) is 0. The second-order valence-electron chi connectivity index (χ2n) is 7.11. The van der Waals surface area contributed by atoms with Crippen LogP contribution in [0.2, 0.25) is 5.02 Å². The van der Waals surface area contributed by atoms with Crippen LogP contribution in [0.5, 0.6) is 0 Å². The molecule has 0 amide bonds. The van der Waals surface area contributed by atoms with E-state index in [1.807, 2.05) is 6.92 Å². The number of anilines is 1. The lowest BCUT2D eigenvalue weighted by Gasteiger charge is -2.26. The molecule has 2 heterocycles. The van der Waals surface area contributed by atoms with Gasteiger partial charge in [0.2, 0.25) is 10.0 Å². The fraction of sp³-hybridized carbons (Fsp3) is 0.368. The first-order valence-electron chi connectivity index (χ1n) is 9.22. The summed E-state index contributed by atoms with van der Waals surface area (Å²) >= 11 is 5.88. The first-order chi connectivity index (χ1) is 13.7. The summed E-state index contributed by atoms with van der Waals surface area (Å²) in [4.78, 5) is 0.322. The zero-order valence-corrected chi connectivity index (χ0v) is 18.2. The van der Waals surface area contributed by atoms with Crippen molar-refractivity contribution in [3.63, 3.8) is 0 Å². The van der Waals surface area contributed by atoms with Gasteiger partial charge in [0.25, 0.3) is 10.0 Å². The topological polar surface area (TPSA) is 84.0 Å². The molecule has 2 aromatic rings.